The molecule has 4 heteroatoms. The van der Waals surface area contributed by atoms with E-state index >= 15 is 0 Å². The van der Waals surface area contributed by atoms with Crippen LogP contribution in [-0.2, 0) is 17.6 Å². The average Bonchev–Trinajstić information content (AvgIpc) is 2.82. The number of hydrogen-bond donors (Lipinski definition) is 1. The van der Waals surface area contributed by atoms with E-state index in [0.717, 1.165) is 43.5 Å². The van der Waals surface area contributed by atoms with Gasteiger partial charge in [0.05, 0.1) is 17.8 Å². The Bertz CT molecular complexity index is 388. The summed E-state index contributed by atoms with van der Waals surface area (Å²) in [6.07, 6.45) is 3.04. The Morgan fingerprint density at radius 3 is 2.42 bits per heavy atom. The molecule has 1 N–H and O–H groups in total. The summed E-state index contributed by atoms with van der Waals surface area (Å²) < 4.78 is 7.24. The molecule has 0 aliphatic carbocycles. The van der Waals surface area contributed by atoms with Crippen molar-refractivity contribution in [3.05, 3.63) is 17.0 Å². The highest BCUT2D eigenvalue weighted by Crippen LogP contribution is 2.28. The summed E-state index contributed by atoms with van der Waals surface area (Å²) in [5.41, 5.74) is 3.27. The monoisotopic (exact) mass is 268 g/mol. The van der Waals surface area contributed by atoms with Crippen molar-refractivity contribution in [1.82, 2.24) is 9.78 Å². The molecule has 19 heavy (non-hydrogen) atoms. The number of nitrogens with zero attached hydrogens (tertiary/aromatic N) is 2. The summed E-state index contributed by atoms with van der Waals surface area (Å²) in [7, 11) is 1.72. The minimum absolute atomic E-state index is 0.304. The second kappa shape index (κ2) is 7.65. The van der Waals surface area contributed by atoms with Crippen LogP contribution < -0.4 is 0 Å². The van der Waals surface area contributed by atoms with E-state index in [-0.39, 0.29) is 0 Å². The minimum Gasteiger partial charge on any atom is -0.388 e. The number of rotatable bonds is 8. The fourth-order valence-electron chi connectivity index (χ4n) is 2.51. The van der Waals surface area contributed by atoms with E-state index in [2.05, 4.69) is 25.5 Å². The highest BCUT2D eigenvalue weighted by Gasteiger charge is 2.22. The first-order valence-corrected chi connectivity index (χ1v) is 7.37. The Morgan fingerprint density at radius 1 is 1.26 bits per heavy atom. The van der Waals surface area contributed by atoms with Crippen LogP contribution in [-0.4, -0.2) is 28.6 Å². The molecule has 1 aromatic heterocycles. The van der Waals surface area contributed by atoms with E-state index in [1.54, 1.807) is 7.11 Å². The van der Waals surface area contributed by atoms with Crippen LogP contribution in [0.1, 0.15) is 69.6 Å². The van der Waals surface area contributed by atoms with Crippen LogP contribution >= 0.6 is 0 Å². The van der Waals surface area contributed by atoms with Crippen molar-refractivity contribution < 1.29 is 9.84 Å². The van der Waals surface area contributed by atoms with Gasteiger partial charge in [-0.05, 0) is 32.6 Å². The highest BCUT2D eigenvalue weighted by molar-refractivity contribution is 5.29. The molecule has 0 spiro atoms. The number of aliphatic hydroxyl groups excluding tert-OH is 1. The molecule has 4 nitrogen and oxygen atoms in total. The van der Waals surface area contributed by atoms with Crippen molar-refractivity contribution in [2.45, 2.75) is 65.5 Å². The van der Waals surface area contributed by atoms with Gasteiger partial charge in [0.25, 0.3) is 0 Å². The molecule has 0 aliphatic rings. The zero-order valence-corrected chi connectivity index (χ0v) is 12.9. The van der Waals surface area contributed by atoms with Crippen LogP contribution in [0.4, 0.5) is 0 Å². The molecule has 0 radical (unpaired) electrons. The fourth-order valence-corrected chi connectivity index (χ4v) is 2.51. The SMILES string of the molecule is CCc1nn(C(C)CCOC)c(CC)c1C(O)CC. The molecule has 0 fully saturated rings. The van der Waals surface area contributed by atoms with Crippen molar-refractivity contribution in [3.8, 4) is 0 Å². The number of ether oxygens (including phenoxy) is 1. The second-order valence-electron chi connectivity index (χ2n) is 5.01. The number of methoxy groups -OCH3 is 1. The molecule has 1 heterocycles. The maximum atomic E-state index is 10.2. The van der Waals surface area contributed by atoms with E-state index in [1.807, 2.05) is 6.92 Å². The van der Waals surface area contributed by atoms with Gasteiger partial charge in [-0.15, -0.1) is 0 Å². The van der Waals surface area contributed by atoms with Crippen molar-refractivity contribution in [2.24, 2.45) is 0 Å². The minimum atomic E-state index is -0.395. The first-order valence-electron chi connectivity index (χ1n) is 7.37. The number of aromatic nitrogens is 2. The summed E-state index contributed by atoms with van der Waals surface area (Å²) in [4.78, 5) is 0. The van der Waals surface area contributed by atoms with Gasteiger partial charge >= 0.3 is 0 Å². The van der Waals surface area contributed by atoms with Gasteiger partial charge in [-0.3, -0.25) is 4.68 Å². The van der Waals surface area contributed by atoms with Gasteiger partial charge in [-0.2, -0.15) is 5.10 Å². The predicted octanol–water partition coefficient (Wildman–Crippen LogP) is 3.05. The Morgan fingerprint density at radius 2 is 1.95 bits per heavy atom. The van der Waals surface area contributed by atoms with Crippen molar-refractivity contribution >= 4 is 0 Å². The molecule has 0 saturated carbocycles. The van der Waals surface area contributed by atoms with Gasteiger partial charge in [0.2, 0.25) is 0 Å². The normalized spacial score (nSPS) is 14.6. The predicted molar refractivity (Wildman–Crippen MR) is 77.4 cm³/mol. The molecule has 0 bridgehead atoms. The molecule has 1 rings (SSSR count). The van der Waals surface area contributed by atoms with Crippen LogP contribution in [0.5, 0.6) is 0 Å². The molecule has 0 amide bonds. The van der Waals surface area contributed by atoms with Gasteiger partial charge in [-0.25, -0.2) is 0 Å². The topological polar surface area (TPSA) is 47.3 Å². The lowest BCUT2D eigenvalue weighted by Crippen LogP contribution is -2.13. The Kier molecular flexibility index (Phi) is 6.52. The Hall–Kier alpha value is -0.870. The maximum Gasteiger partial charge on any atom is 0.0823 e. The lowest BCUT2D eigenvalue weighted by Gasteiger charge is -2.16. The quantitative estimate of drug-likeness (QED) is 0.788. The molecule has 0 aromatic carbocycles. The number of aryl methyl sites for hydroxylation is 1. The van der Waals surface area contributed by atoms with Crippen molar-refractivity contribution in [3.63, 3.8) is 0 Å². The molecule has 2 atom stereocenters. The van der Waals surface area contributed by atoms with Gasteiger partial charge in [0.15, 0.2) is 0 Å². The summed E-state index contributed by atoms with van der Waals surface area (Å²) in [5.74, 6) is 0. The fraction of sp³-hybridized carbons (Fsp3) is 0.800. The van der Waals surface area contributed by atoms with Crippen LogP contribution in [0.2, 0.25) is 0 Å². The van der Waals surface area contributed by atoms with Gasteiger partial charge in [-0.1, -0.05) is 20.8 Å². The molecule has 0 saturated heterocycles. The van der Waals surface area contributed by atoms with E-state index in [4.69, 9.17) is 9.84 Å². The van der Waals surface area contributed by atoms with E-state index in [1.165, 1.54) is 5.69 Å². The molecule has 1 aromatic rings. The van der Waals surface area contributed by atoms with Crippen LogP contribution in [0, 0.1) is 0 Å². The molecule has 110 valence electrons. The Labute approximate surface area is 116 Å². The molecular formula is C15H28N2O2. The zero-order valence-electron chi connectivity index (χ0n) is 12.9. The zero-order chi connectivity index (χ0) is 14.4. The molecular weight excluding hydrogens is 240 g/mol. The summed E-state index contributed by atoms with van der Waals surface area (Å²) in [6, 6.07) is 0.304. The molecule has 2 unspecified atom stereocenters. The second-order valence-corrected chi connectivity index (χ2v) is 5.01. The third-order valence-electron chi connectivity index (χ3n) is 3.67. The summed E-state index contributed by atoms with van der Waals surface area (Å²) >= 11 is 0. The maximum absolute atomic E-state index is 10.2. The van der Waals surface area contributed by atoms with Crippen LogP contribution in [0.3, 0.4) is 0 Å². The third-order valence-corrected chi connectivity index (χ3v) is 3.67. The van der Waals surface area contributed by atoms with Gasteiger partial charge in [0.1, 0.15) is 0 Å². The lowest BCUT2D eigenvalue weighted by molar-refractivity contribution is 0.170. The summed E-state index contributed by atoms with van der Waals surface area (Å²) in [6.45, 7) is 9.12. The van der Waals surface area contributed by atoms with E-state index in [9.17, 15) is 5.11 Å². The smallest absolute Gasteiger partial charge is 0.0823 e. The third kappa shape index (κ3) is 3.57. The van der Waals surface area contributed by atoms with Gasteiger partial charge < -0.3 is 9.84 Å². The highest BCUT2D eigenvalue weighted by atomic mass is 16.5. The van der Waals surface area contributed by atoms with Crippen molar-refractivity contribution in [1.29, 1.82) is 0 Å². The first kappa shape index (κ1) is 16.2. The largest absolute Gasteiger partial charge is 0.388 e. The Balaban J connectivity index is 3.14. The molecule has 0 aliphatic heterocycles. The van der Waals surface area contributed by atoms with Crippen molar-refractivity contribution in [2.75, 3.05) is 13.7 Å². The number of aliphatic hydroxyl groups is 1. The van der Waals surface area contributed by atoms with E-state index < -0.39 is 6.10 Å². The van der Waals surface area contributed by atoms with Gasteiger partial charge in [0, 0.05) is 25.0 Å². The van der Waals surface area contributed by atoms with Crippen LogP contribution in [0.15, 0.2) is 0 Å². The summed E-state index contributed by atoms with van der Waals surface area (Å²) in [5, 5.41) is 15.0. The average molecular weight is 268 g/mol. The van der Waals surface area contributed by atoms with E-state index in [0.29, 0.717) is 6.04 Å². The lowest BCUT2D eigenvalue weighted by atomic mass is 10.0. The number of hydrogen-bond acceptors (Lipinski definition) is 3. The van der Waals surface area contributed by atoms with Crippen LogP contribution in [0.25, 0.3) is 0 Å². The standard InChI is InChI=1S/C15H28N2O2/c1-6-12-15(14(18)8-3)13(7-2)17(16-12)11(4)9-10-19-5/h11,14,18H,6-10H2,1-5H3. The first-order chi connectivity index (χ1) is 9.10.